The first-order valence-electron chi connectivity index (χ1n) is 11.7. The lowest BCUT2D eigenvalue weighted by atomic mass is 9.90. The molecular formula is C24H35N7O. The number of hydrogen-bond acceptors (Lipinski definition) is 6. The number of imidazole rings is 1. The van der Waals surface area contributed by atoms with Crippen LogP contribution in [0.3, 0.4) is 0 Å². The van der Waals surface area contributed by atoms with Gasteiger partial charge >= 0.3 is 0 Å². The SMILES string of the molecule is CCCCCc1ccc(C(=O)NCCC2(CCCCCc3cnc(N)[nH]3)C=NN=N2)cc1. The first-order chi connectivity index (χ1) is 15.6. The summed E-state index contributed by atoms with van der Waals surface area (Å²) in [6.07, 6.45) is 14.0. The van der Waals surface area contributed by atoms with Crippen LogP contribution in [-0.4, -0.2) is 34.2 Å². The highest BCUT2D eigenvalue weighted by Gasteiger charge is 2.30. The minimum absolute atomic E-state index is 0.0500. The first kappa shape index (κ1) is 23.6. The number of nitrogens with zero attached hydrogens (tertiary/aromatic N) is 4. The molecular weight excluding hydrogens is 402 g/mol. The third-order valence-electron chi connectivity index (χ3n) is 5.93. The summed E-state index contributed by atoms with van der Waals surface area (Å²) >= 11 is 0. The van der Waals surface area contributed by atoms with Crippen LogP contribution in [0.15, 0.2) is 45.9 Å². The van der Waals surface area contributed by atoms with Crippen LogP contribution in [-0.2, 0) is 12.8 Å². The molecule has 1 aliphatic heterocycles. The molecule has 8 heteroatoms. The average Bonchev–Trinajstić information content (AvgIpc) is 3.43. The lowest BCUT2D eigenvalue weighted by Crippen LogP contribution is -2.34. The fourth-order valence-electron chi connectivity index (χ4n) is 3.95. The Balaban J connectivity index is 1.37. The van der Waals surface area contributed by atoms with Crippen LogP contribution in [0, 0.1) is 0 Å². The molecule has 0 aliphatic carbocycles. The van der Waals surface area contributed by atoms with Crippen molar-refractivity contribution >= 4 is 18.1 Å². The summed E-state index contributed by atoms with van der Waals surface area (Å²) in [7, 11) is 0. The van der Waals surface area contributed by atoms with Gasteiger partial charge in [0.15, 0.2) is 5.95 Å². The van der Waals surface area contributed by atoms with E-state index in [9.17, 15) is 4.79 Å². The Morgan fingerprint density at radius 2 is 1.88 bits per heavy atom. The molecule has 1 aromatic carbocycles. The van der Waals surface area contributed by atoms with Gasteiger partial charge in [0, 0.05) is 17.8 Å². The van der Waals surface area contributed by atoms with Gasteiger partial charge in [-0.2, -0.15) is 5.11 Å². The first-order valence-corrected chi connectivity index (χ1v) is 11.7. The van der Waals surface area contributed by atoms with Gasteiger partial charge in [-0.25, -0.2) is 4.98 Å². The van der Waals surface area contributed by atoms with Crippen LogP contribution < -0.4 is 11.1 Å². The molecule has 0 radical (unpaired) electrons. The van der Waals surface area contributed by atoms with Gasteiger partial charge in [0.2, 0.25) is 0 Å². The molecule has 32 heavy (non-hydrogen) atoms. The zero-order valence-electron chi connectivity index (χ0n) is 19.0. The van der Waals surface area contributed by atoms with E-state index in [1.807, 2.05) is 18.3 Å². The summed E-state index contributed by atoms with van der Waals surface area (Å²) < 4.78 is 0. The Morgan fingerprint density at radius 3 is 2.56 bits per heavy atom. The lowest BCUT2D eigenvalue weighted by Gasteiger charge is -2.21. The van der Waals surface area contributed by atoms with Gasteiger partial charge < -0.3 is 16.0 Å². The average molecular weight is 438 g/mol. The second-order valence-electron chi connectivity index (χ2n) is 8.55. The largest absolute Gasteiger partial charge is 0.369 e. The monoisotopic (exact) mass is 437 g/mol. The van der Waals surface area contributed by atoms with E-state index in [1.54, 1.807) is 6.20 Å². The number of benzene rings is 1. The van der Waals surface area contributed by atoms with E-state index in [-0.39, 0.29) is 5.91 Å². The van der Waals surface area contributed by atoms with Crippen molar-refractivity contribution < 1.29 is 4.79 Å². The molecule has 8 nitrogen and oxygen atoms in total. The van der Waals surface area contributed by atoms with Gasteiger partial charge in [-0.15, -0.1) is 5.10 Å². The molecule has 3 rings (SSSR count). The predicted molar refractivity (Wildman–Crippen MR) is 128 cm³/mol. The second-order valence-corrected chi connectivity index (χ2v) is 8.55. The van der Waals surface area contributed by atoms with E-state index >= 15 is 0 Å². The van der Waals surface area contributed by atoms with E-state index in [0.29, 0.717) is 24.5 Å². The van der Waals surface area contributed by atoms with E-state index in [0.717, 1.165) is 44.2 Å². The van der Waals surface area contributed by atoms with Gasteiger partial charge in [0.25, 0.3) is 5.91 Å². The summed E-state index contributed by atoms with van der Waals surface area (Å²) in [5, 5.41) is 15.2. The standard InChI is InChI=1S/C24H35N7O/c1-2-3-5-8-19-10-12-20(13-11-19)22(32)26-16-15-24(18-28-31-30-24)14-7-4-6-9-21-17-27-23(25)29-21/h10-13,17-18H,2-9,14-16H2,1H3,(H,26,32)(H3,25,27,29). The highest BCUT2D eigenvalue weighted by molar-refractivity contribution is 5.94. The summed E-state index contributed by atoms with van der Waals surface area (Å²) in [6, 6.07) is 7.94. The third-order valence-corrected chi connectivity index (χ3v) is 5.93. The fourth-order valence-corrected chi connectivity index (χ4v) is 3.95. The number of anilines is 1. The number of aryl methyl sites for hydroxylation is 2. The zero-order valence-corrected chi connectivity index (χ0v) is 19.0. The molecule has 4 N–H and O–H groups in total. The molecule has 0 fully saturated rings. The number of carbonyl (C=O) groups is 1. The van der Waals surface area contributed by atoms with Crippen LogP contribution in [0.2, 0.25) is 0 Å². The molecule has 1 atom stereocenters. The van der Waals surface area contributed by atoms with Crippen molar-refractivity contribution in [3.8, 4) is 0 Å². The molecule has 0 bridgehead atoms. The number of aromatic nitrogens is 2. The smallest absolute Gasteiger partial charge is 0.251 e. The number of carbonyl (C=O) groups excluding carboxylic acids is 1. The summed E-state index contributed by atoms with van der Waals surface area (Å²) in [5.74, 6) is 0.414. The summed E-state index contributed by atoms with van der Waals surface area (Å²) in [5.41, 5.74) is 8.25. The Morgan fingerprint density at radius 1 is 1.06 bits per heavy atom. The minimum atomic E-state index is -0.408. The van der Waals surface area contributed by atoms with E-state index in [2.05, 4.69) is 49.8 Å². The normalized spacial score (nSPS) is 17.2. The van der Waals surface area contributed by atoms with E-state index in [1.165, 1.54) is 24.8 Å². The van der Waals surface area contributed by atoms with Crippen molar-refractivity contribution in [1.82, 2.24) is 15.3 Å². The van der Waals surface area contributed by atoms with Crippen LogP contribution in [0.5, 0.6) is 0 Å². The molecule has 1 aromatic heterocycles. The Kier molecular flexibility index (Phi) is 8.95. The topological polar surface area (TPSA) is 121 Å². The predicted octanol–water partition coefficient (Wildman–Crippen LogP) is 4.84. The van der Waals surface area contributed by atoms with Crippen LogP contribution in [0.4, 0.5) is 5.95 Å². The number of rotatable bonds is 14. The number of H-pyrrole nitrogens is 1. The molecule has 1 unspecified atom stereocenters. The van der Waals surface area contributed by atoms with Crippen molar-refractivity contribution in [1.29, 1.82) is 0 Å². The Hall–Kier alpha value is -3.03. The third kappa shape index (κ3) is 7.28. The molecule has 2 aromatic rings. The van der Waals surface area contributed by atoms with Crippen molar-refractivity contribution in [2.45, 2.75) is 76.7 Å². The van der Waals surface area contributed by atoms with Crippen LogP contribution in [0.1, 0.15) is 79.9 Å². The molecule has 1 amide bonds. The van der Waals surface area contributed by atoms with Gasteiger partial charge in [0.1, 0.15) is 5.54 Å². The number of hydrogen-bond donors (Lipinski definition) is 3. The molecule has 1 aliphatic rings. The molecule has 0 saturated carbocycles. The van der Waals surface area contributed by atoms with Gasteiger partial charge in [-0.1, -0.05) is 44.7 Å². The molecule has 0 saturated heterocycles. The summed E-state index contributed by atoms with van der Waals surface area (Å²) in [6.45, 7) is 2.74. The Labute approximate surface area is 190 Å². The number of nitrogens with one attached hydrogen (secondary N) is 2. The van der Waals surface area contributed by atoms with Gasteiger partial charge in [0.05, 0.1) is 12.4 Å². The zero-order chi connectivity index (χ0) is 22.7. The summed E-state index contributed by atoms with van der Waals surface area (Å²) in [4.78, 5) is 19.6. The number of nitrogen functional groups attached to an aromatic ring is 1. The number of amides is 1. The highest BCUT2D eigenvalue weighted by atomic mass is 16.1. The van der Waals surface area contributed by atoms with Crippen molar-refractivity contribution in [2.75, 3.05) is 12.3 Å². The maximum absolute atomic E-state index is 12.5. The van der Waals surface area contributed by atoms with Crippen molar-refractivity contribution in [3.05, 3.63) is 47.3 Å². The number of unbranched alkanes of at least 4 members (excludes halogenated alkanes) is 4. The van der Waals surface area contributed by atoms with E-state index in [4.69, 9.17) is 5.73 Å². The van der Waals surface area contributed by atoms with Crippen LogP contribution >= 0.6 is 0 Å². The lowest BCUT2D eigenvalue weighted by molar-refractivity contribution is 0.0951. The van der Waals surface area contributed by atoms with Crippen molar-refractivity contribution in [2.24, 2.45) is 15.4 Å². The molecule has 172 valence electrons. The van der Waals surface area contributed by atoms with Gasteiger partial charge in [-0.05, 0) is 61.4 Å². The van der Waals surface area contributed by atoms with Gasteiger partial charge in [-0.3, -0.25) is 4.79 Å². The maximum Gasteiger partial charge on any atom is 0.251 e. The maximum atomic E-state index is 12.5. The molecule has 0 spiro atoms. The quantitative estimate of drug-likeness (QED) is 0.367. The Bertz CT molecular complexity index is 889. The second kappa shape index (κ2) is 12.1. The number of nitrogens with two attached hydrogens (primary N) is 1. The highest BCUT2D eigenvalue weighted by Crippen LogP contribution is 2.26. The number of aromatic amines is 1. The van der Waals surface area contributed by atoms with Crippen molar-refractivity contribution in [3.63, 3.8) is 0 Å². The van der Waals surface area contributed by atoms with E-state index < -0.39 is 5.54 Å². The molecule has 2 heterocycles. The minimum Gasteiger partial charge on any atom is -0.369 e. The van der Waals surface area contributed by atoms with Crippen LogP contribution in [0.25, 0.3) is 0 Å². The fraction of sp³-hybridized carbons (Fsp3) is 0.542.